The highest BCUT2D eigenvalue weighted by molar-refractivity contribution is 6.31. The standard InChI is InChI=1S/C15H13ClFNO3/c1-20-13-5-3-4-10(14(13)21-2)15(19)18-9-6-7-12(17)11(16)8-9/h3-8H,1-2H3,(H,18,19). The van der Waals surface area contributed by atoms with E-state index in [1.807, 2.05) is 0 Å². The molecule has 0 spiro atoms. The monoisotopic (exact) mass is 309 g/mol. The van der Waals surface area contributed by atoms with Gasteiger partial charge in [-0.1, -0.05) is 17.7 Å². The summed E-state index contributed by atoms with van der Waals surface area (Å²) >= 11 is 5.68. The third-order valence-corrected chi connectivity index (χ3v) is 3.11. The van der Waals surface area contributed by atoms with Gasteiger partial charge in [0.15, 0.2) is 11.5 Å². The predicted molar refractivity (Wildman–Crippen MR) is 78.9 cm³/mol. The molecule has 6 heteroatoms. The molecule has 4 nitrogen and oxygen atoms in total. The minimum atomic E-state index is -0.548. The molecule has 0 aliphatic carbocycles. The lowest BCUT2D eigenvalue weighted by molar-refractivity contribution is 0.102. The van der Waals surface area contributed by atoms with E-state index in [0.717, 1.165) is 0 Å². The zero-order chi connectivity index (χ0) is 15.4. The molecule has 0 bridgehead atoms. The maximum atomic E-state index is 13.1. The Labute approximate surface area is 126 Å². The number of carbonyl (C=O) groups excluding carboxylic acids is 1. The summed E-state index contributed by atoms with van der Waals surface area (Å²) in [6.45, 7) is 0. The Balaban J connectivity index is 2.30. The van der Waals surface area contributed by atoms with Gasteiger partial charge in [-0.3, -0.25) is 4.79 Å². The first-order valence-corrected chi connectivity index (χ1v) is 6.42. The lowest BCUT2D eigenvalue weighted by atomic mass is 10.1. The van der Waals surface area contributed by atoms with Crippen molar-refractivity contribution in [3.63, 3.8) is 0 Å². The van der Waals surface area contributed by atoms with Crippen molar-refractivity contribution in [2.75, 3.05) is 19.5 Å². The first-order chi connectivity index (χ1) is 10.1. The molecule has 0 saturated carbocycles. The molecule has 0 aromatic heterocycles. The quantitative estimate of drug-likeness (QED) is 0.935. The van der Waals surface area contributed by atoms with Crippen molar-refractivity contribution in [3.05, 3.63) is 52.8 Å². The van der Waals surface area contributed by atoms with E-state index in [1.165, 1.54) is 32.4 Å². The highest BCUT2D eigenvalue weighted by Crippen LogP contribution is 2.31. The van der Waals surface area contributed by atoms with Crippen molar-refractivity contribution in [1.82, 2.24) is 0 Å². The zero-order valence-corrected chi connectivity index (χ0v) is 12.2. The van der Waals surface area contributed by atoms with E-state index in [4.69, 9.17) is 21.1 Å². The van der Waals surface area contributed by atoms with Gasteiger partial charge in [-0.25, -0.2) is 4.39 Å². The number of methoxy groups -OCH3 is 2. The fraction of sp³-hybridized carbons (Fsp3) is 0.133. The number of halogens is 2. The summed E-state index contributed by atoms with van der Waals surface area (Å²) in [6.07, 6.45) is 0. The van der Waals surface area contributed by atoms with Crippen LogP contribution < -0.4 is 14.8 Å². The van der Waals surface area contributed by atoms with Crippen LogP contribution in [0.25, 0.3) is 0 Å². The molecular formula is C15H13ClFNO3. The average molecular weight is 310 g/mol. The average Bonchev–Trinajstić information content (AvgIpc) is 2.49. The first kappa shape index (κ1) is 15.1. The molecule has 2 rings (SSSR count). The van der Waals surface area contributed by atoms with Crippen LogP contribution in [0.2, 0.25) is 5.02 Å². The number of nitrogens with one attached hydrogen (secondary N) is 1. The zero-order valence-electron chi connectivity index (χ0n) is 11.4. The number of hydrogen-bond donors (Lipinski definition) is 1. The van der Waals surface area contributed by atoms with Crippen LogP contribution in [0, 0.1) is 5.82 Å². The molecule has 0 saturated heterocycles. The maximum absolute atomic E-state index is 13.1. The van der Waals surface area contributed by atoms with Gasteiger partial charge in [-0.05, 0) is 30.3 Å². The van der Waals surface area contributed by atoms with Gasteiger partial charge in [0.05, 0.1) is 24.8 Å². The highest BCUT2D eigenvalue weighted by atomic mass is 35.5. The second-order valence-electron chi connectivity index (χ2n) is 4.12. The van der Waals surface area contributed by atoms with Crippen LogP contribution in [-0.2, 0) is 0 Å². The van der Waals surface area contributed by atoms with E-state index in [-0.39, 0.29) is 5.02 Å². The van der Waals surface area contributed by atoms with Gasteiger partial charge < -0.3 is 14.8 Å². The molecule has 1 N–H and O–H groups in total. The third-order valence-electron chi connectivity index (χ3n) is 2.83. The Kier molecular flexibility index (Phi) is 4.65. The fourth-order valence-electron chi connectivity index (χ4n) is 1.84. The summed E-state index contributed by atoms with van der Waals surface area (Å²) in [5, 5.41) is 2.56. The molecular weight excluding hydrogens is 297 g/mol. The van der Waals surface area contributed by atoms with Gasteiger partial charge in [-0.15, -0.1) is 0 Å². The van der Waals surface area contributed by atoms with E-state index < -0.39 is 11.7 Å². The normalized spacial score (nSPS) is 10.1. The molecule has 21 heavy (non-hydrogen) atoms. The van der Waals surface area contributed by atoms with Crippen molar-refractivity contribution >= 4 is 23.2 Å². The van der Waals surface area contributed by atoms with Crippen LogP contribution in [-0.4, -0.2) is 20.1 Å². The van der Waals surface area contributed by atoms with Gasteiger partial charge in [-0.2, -0.15) is 0 Å². The third kappa shape index (κ3) is 3.25. The SMILES string of the molecule is COc1cccc(C(=O)Nc2ccc(F)c(Cl)c2)c1OC. The summed E-state index contributed by atoms with van der Waals surface area (Å²) in [5.74, 6) is -0.185. The van der Waals surface area contributed by atoms with Gasteiger partial charge in [0.25, 0.3) is 5.91 Å². The molecule has 110 valence electrons. The molecule has 0 atom stereocenters. The molecule has 0 heterocycles. The largest absolute Gasteiger partial charge is 0.493 e. The smallest absolute Gasteiger partial charge is 0.259 e. The minimum absolute atomic E-state index is 0.0644. The number of benzene rings is 2. The van der Waals surface area contributed by atoms with Crippen molar-refractivity contribution in [2.45, 2.75) is 0 Å². The van der Waals surface area contributed by atoms with E-state index in [1.54, 1.807) is 18.2 Å². The Bertz CT molecular complexity index is 676. The Morgan fingerprint density at radius 1 is 1.19 bits per heavy atom. The number of para-hydroxylation sites is 1. The molecule has 2 aromatic carbocycles. The van der Waals surface area contributed by atoms with E-state index in [0.29, 0.717) is 22.7 Å². The summed E-state index contributed by atoms with van der Waals surface area (Å²) in [7, 11) is 2.93. The van der Waals surface area contributed by atoms with Crippen LogP contribution >= 0.6 is 11.6 Å². The number of anilines is 1. The molecule has 2 aromatic rings. The van der Waals surface area contributed by atoms with Gasteiger partial charge in [0, 0.05) is 5.69 Å². The van der Waals surface area contributed by atoms with Crippen LogP contribution in [0.5, 0.6) is 11.5 Å². The van der Waals surface area contributed by atoms with Crippen molar-refractivity contribution in [3.8, 4) is 11.5 Å². The van der Waals surface area contributed by atoms with Crippen LogP contribution in [0.1, 0.15) is 10.4 Å². The summed E-state index contributed by atoms with van der Waals surface area (Å²) in [5.41, 5.74) is 0.688. The fourth-order valence-corrected chi connectivity index (χ4v) is 2.02. The van der Waals surface area contributed by atoms with E-state index >= 15 is 0 Å². The Morgan fingerprint density at radius 2 is 1.95 bits per heavy atom. The molecule has 0 fully saturated rings. The maximum Gasteiger partial charge on any atom is 0.259 e. The van der Waals surface area contributed by atoms with Crippen LogP contribution in [0.3, 0.4) is 0 Å². The van der Waals surface area contributed by atoms with Crippen molar-refractivity contribution in [2.24, 2.45) is 0 Å². The molecule has 0 aliphatic rings. The van der Waals surface area contributed by atoms with Gasteiger partial charge in [0.2, 0.25) is 0 Å². The lowest BCUT2D eigenvalue weighted by Crippen LogP contribution is -2.13. The van der Waals surface area contributed by atoms with Crippen LogP contribution in [0.15, 0.2) is 36.4 Å². The molecule has 1 amide bonds. The van der Waals surface area contributed by atoms with E-state index in [2.05, 4.69) is 5.32 Å². The Morgan fingerprint density at radius 3 is 2.57 bits per heavy atom. The molecule has 0 unspecified atom stereocenters. The predicted octanol–water partition coefficient (Wildman–Crippen LogP) is 3.75. The number of hydrogen-bond acceptors (Lipinski definition) is 3. The number of carbonyl (C=O) groups is 1. The molecule has 0 aliphatic heterocycles. The number of rotatable bonds is 4. The number of amides is 1. The Hall–Kier alpha value is -2.27. The van der Waals surface area contributed by atoms with E-state index in [9.17, 15) is 9.18 Å². The second-order valence-corrected chi connectivity index (χ2v) is 4.53. The summed E-state index contributed by atoms with van der Waals surface area (Å²) < 4.78 is 23.4. The minimum Gasteiger partial charge on any atom is -0.493 e. The van der Waals surface area contributed by atoms with Crippen molar-refractivity contribution in [1.29, 1.82) is 0 Å². The summed E-state index contributed by atoms with van der Waals surface area (Å²) in [6, 6.07) is 8.90. The number of ether oxygens (including phenoxy) is 2. The molecule has 0 radical (unpaired) electrons. The lowest BCUT2D eigenvalue weighted by Gasteiger charge is -2.12. The van der Waals surface area contributed by atoms with Crippen molar-refractivity contribution < 1.29 is 18.7 Å². The first-order valence-electron chi connectivity index (χ1n) is 6.04. The topological polar surface area (TPSA) is 47.6 Å². The van der Waals surface area contributed by atoms with Gasteiger partial charge in [0.1, 0.15) is 5.82 Å². The van der Waals surface area contributed by atoms with Gasteiger partial charge >= 0.3 is 0 Å². The second kappa shape index (κ2) is 6.45. The van der Waals surface area contributed by atoms with Crippen LogP contribution in [0.4, 0.5) is 10.1 Å². The summed E-state index contributed by atoms with van der Waals surface area (Å²) in [4.78, 5) is 12.3. The highest BCUT2D eigenvalue weighted by Gasteiger charge is 2.16.